The van der Waals surface area contributed by atoms with Crippen LogP contribution in [0.1, 0.15) is 25.7 Å². The van der Waals surface area contributed by atoms with Crippen molar-refractivity contribution in [1.82, 2.24) is 4.90 Å². The van der Waals surface area contributed by atoms with Crippen molar-refractivity contribution in [2.24, 2.45) is 5.92 Å². The molecule has 3 rings (SSSR count). The Labute approximate surface area is 151 Å². The lowest BCUT2D eigenvalue weighted by Gasteiger charge is -2.32. The fourth-order valence-corrected chi connectivity index (χ4v) is 3.45. The minimum Gasteiger partial charge on any atom is -0.368 e. The van der Waals surface area contributed by atoms with Gasteiger partial charge >= 0.3 is 0 Å². The molecule has 0 aromatic heterocycles. The minimum absolute atomic E-state index is 0.0439. The zero-order valence-corrected chi connectivity index (χ0v) is 14.8. The second-order valence-electron chi connectivity index (χ2n) is 6.22. The lowest BCUT2D eigenvalue weighted by molar-refractivity contribution is -0.143. The van der Waals surface area contributed by atoms with Crippen LogP contribution in [0.2, 0.25) is 10.0 Å². The normalized spacial score (nSPS) is 21.8. The number of amides is 2. The van der Waals surface area contributed by atoms with Crippen molar-refractivity contribution in [2.75, 3.05) is 25.0 Å². The molecule has 1 aromatic rings. The summed E-state index contributed by atoms with van der Waals surface area (Å²) in [6.07, 6.45) is 2.78. The van der Waals surface area contributed by atoms with Gasteiger partial charge in [-0.25, -0.2) is 0 Å². The van der Waals surface area contributed by atoms with Gasteiger partial charge in [-0.3, -0.25) is 9.59 Å². The molecule has 5 nitrogen and oxygen atoms in total. The van der Waals surface area contributed by atoms with E-state index in [2.05, 4.69) is 5.32 Å². The number of likely N-dealkylation sites (tertiary alicyclic amines) is 1. The highest BCUT2D eigenvalue weighted by molar-refractivity contribution is 6.42. The van der Waals surface area contributed by atoms with Crippen molar-refractivity contribution in [2.45, 2.75) is 31.8 Å². The number of halogens is 2. The van der Waals surface area contributed by atoms with Crippen molar-refractivity contribution in [1.29, 1.82) is 0 Å². The van der Waals surface area contributed by atoms with E-state index in [0.29, 0.717) is 48.3 Å². The molecular formula is C17H20Cl2N2O3. The SMILES string of the molecule is O=C(Nc1ccc(Cl)c(Cl)c1)C1CCN(C(=O)C2CCCO2)CC1. The van der Waals surface area contributed by atoms with Gasteiger partial charge in [-0.15, -0.1) is 0 Å². The molecular weight excluding hydrogens is 351 g/mol. The summed E-state index contributed by atoms with van der Waals surface area (Å²) in [5.74, 6) is -0.0820. The predicted molar refractivity (Wildman–Crippen MR) is 93.4 cm³/mol. The van der Waals surface area contributed by atoms with Gasteiger partial charge in [-0.2, -0.15) is 0 Å². The molecule has 7 heteroatoms. The monoisotopic (exact) mass is 370 g/mol. The maximum atomic E-state index is 12.4. The van der Waals surface area contributed by atoms with Gasteiger partial charge in [-0.05, 0) is 43.9 Å². The van der Waals surface area contributed by atoms with Crippen LogP contribution in [0.5, 0.6) is 0 Å². The van der Waals surface area contributed by atoms with Crippen molar-refractivity contribution in [3.8, 4) is 0 Å². The molecule has 1 aromatic carbocycles. The first-order valence-electron chi connectivity index (χ1n) is 8.21. The van der Waals surface area contributed by atoms with Crippen molar-refractivity contribution >= 4 is 40.7 Å². The number of rotatable bonds is 3. The van der Waals surface area contributed by atoms with Crippen molar-refractivity contribution < 1.29 is 14.3 Å². The largest absolute Gasteiger partial charge is 0.368 e. The average molecular weight is 371 g/mol. The Bertz CT molecular complexity index is 624. The lowest BCUT2D eigenvalue weighted by Crippen LogP contribution is -2.45. The van der Waals surface area contributed by atoms with Gasteiger partial charge in [0.15, 0.2) is 0 Å². The molecule has 2 fully saturated rings. The van der Waals surface area contributed by atoms with E-state index in [1.807, 2.05) is 4.90 Å². The molecule has 0 aliphatic carbocycles. The first-order valence-corrected chi connectivity index (χ1v) is 8.96. The fraction of sp³-hybridized carbons (Fsp3) is 0.529. The maximum Gasteiger partial charge on any atom is 0.251 e. The smallest absolute Gasteiger partial charge is 0.251 e. The van der Waals surface area contributed by atoms with Crippen LogP contribution in [0.3, 0.4) is 0 Å². The van der Waals surface area contributed by atoms with E-state index in [1.54, 1.807) is 18.2 Å². The van der Waals surface area contributed by atoms with E-state index in [-0.39, 0.29) is 23.8 Å². The van der Waals surface area contributed by atoms with E-state index >= 15 is 0 Å². The second-order valence-corrected chi connectivity index (χ2v) is 7.03. The molecule has 2 heterocycles. The Morgan fingerprint density at radius 1 is 1.12 bits per heavy atom. The third-order valence-corrected chi connectivity index (χ3v) is 5.31. The molecule has 0 spiro atoms. The Morgan fingerprint density at radius 2 is 1.88 bits per heavy atom. The molecule has 1 unspecified atom stereocenters. The van der Waals surface area contributed by atoms with E-state index in [1.165, 1.54) is 0 Å². The molecule has 1 N–H and O–H groups in total. The molecule has 2 saturated heterocycles. The zero-order chi connectivity index (χ0) is 17.1. The second kappa shape index (κ2) is 7.72. The Hall–Kier alpha value is -1.30. The molecule has 2 aliphatic rings. The molecule has 0 bridgehead atoms. The number of ether oxygens (including phenoxy) is 1. The average Bonchev–Trinajstić information content (AvgIpc) is 3.12. The van der Waals surface area contributed by atoms with E-state index in [9.17, 15) is 9.59 Å². The Morgan fingerprint density at radius 3 is 2.50 bits per heavy atom. The van der Waals surface area contributed by atoms with Crippen LogP contribution in [0.15, 0.2) is 18.2 Å². The summed E-state index contributed by atoms with van der Waals surface area (Å²) in [7, 11) is 0. The first-order chi connectivity index (χ1) is 11.5. The fourth-order valence-electron chi connectivity index (χ4n) is 3.16. The molecule has 130 valence electrons. The summed E-state index contributed by atoms with van der Waals surface area (Å²) < 4.78 is 5.45. The van der Waals surface area contributed by atoms with Gasteiger partial charge in [0.1, 0.15) is 6.10 Å². The standard InChI is InChI=1S/C17H20Cl2N2O3/c18-13-4-3-12(10-14(13)19)20-16(22)11-5-7-21(8-6-11)17(23)15-2-1-9-24-15/h3-4,10-11,15H,1-2,5-9H2,(H,20,22). The third-order valence-electron chi connectivity index (χ3n) is 4.57. The van der Waals surface area contributed by atoms with Crippen LogP contribution in [0.4, 0.5) is 5.69 Å². The number of nitrogens with zero attached hydrogens (tertiary/aromatic N) is 1. The number of piperidine rings is 1. The zero-order valence-electron chi connectivity index (χ0n) is 13.3. The highest BCUT2D eigenvalue weighted by atomic mass is 35.5. The number of hydrogen-bond acceptors (Lipinski definition) is 3. The molecule has 0 saturated carbocycles. The minimum atomic E-state index is -0.286. The lowest BCUT2D eigenvalue weighted by atomic mass is 9.95. The molecule has 0 radical (unpaired) electrons. The van der Waals surface area contributed by atoms with Gasteiger partial charge in [0.2, 0.25) is 5.91 Å². The highest BCUT2D eigenvalue weighted by Gasteiger charge is 2.32. The highest BCUT2D eigenvalue weighted by Crippen LogP contribution is 2.27. The van der Waals surface area contributed by atoms with Gasteiger partial charge in [0.25, 0.3) is 5.91 Å². The van der Waals surface area contributed by atoms with Crippen LogP contribution in [-0.2, 0) is 14.3 Å². The van der Waals surface area contributed by atoms with E-state index in [4.69, 9.17) is 27.9 Å². The number of benzene rings is 1. The summed E-state index contributed by atoms with van der Waals surface area (Å²) in [5, 5.41) is 3.73. The number of carbonyl (C=O) groups excluding carboxylic acids is 2. The van der Waals surface area contributed by atoms with Crippen LogP contribution in [0.25, 0.3) is 0 Å². The molecule has 1 atom stereocenters. The third kappa shape index (κ3) is 4.02. The van der Waals surface area contributed by atoms with Crippen molar-refractivity contribution in [3.05, 3.63) is 28.2 Å². The van der Waals surface area contributed by atoms with E-state index < -0.39 is 0 Å². The van der Waals surface area contributed by atoms with Gasteiger partial charge in [0, 0.05) is 31.3 Å². The Kier molecular flexibility index (Phi) is 5.64. The van der Waals surface area contributed by atoms with Gasteiger partial charge < -0.3 is 15.0 Å². The summed E-state index contributed by atoms with van der Waals surface area (Å²) in [6, 6.07) is 5.02. The van der Waals surface area contributed by atoms with E-state index in [0.717, 1.165) is 12.8 Å². The predicted octanol–water partition coefficient (Wildman–Crippen LogP) is 3.35. The van der Waals surface area contributed by atoms with Crippen molar-refractivity contribution in [3.63, 3.8) is 0 Å². The van der Waals surface area contributed by atoms with Crippen LogP contribution < -0.4 is 5.32 Å². The molecule has 24 heavy (non-hydrogen) atoms. The van der Waals surface area contributed by atoms with Gasteiger partial charge in [-0.1, -0.05) is 23.2 Å². The summed E-state index contributed by atoms with van der Waals surface area (Å²) in [6.45, 7) is 1.86. The first kappa shape index (κ1) is 17.5. The maximum absolute atomic E-state index is 12.4. The quantitative estimate of drug-likeness (QED) is 0.887. The van der Waals surface area contributed by atoms with Crippen LogP contribution in [0, 0.1) is 5.92 Å². The number of anilines is 1. The topological polar surface area (TPSA) is 58.6 Å². The van der Waals surface area contributed by atoms with Crippen LogP contribution >= 0.6 is 23.2 Å². The number of hydrogen-bond donors (Lipinski definition) is 1. The number of nitrogens with one attached hydrogen (secondary N) is 1. The van der Waals surface area contributed by atoms with Gasteiger partial charge in [0.05, 0.1) is 10.0 Å². The summed E-state index contributed by atoms with van der Waals surface area (Å²) in [5.41, 5.74) is 0.632. The number of carbonyl (C=O) groups is 2. The summed E-state index contributed by atoms with van der Waals surface area (Å²) in [4.78, 5) is 26.5. The Balaban J connectivity index is 1.51. The molecule has 2 amide bonds. The summed E-state index contributed by atoms with van der Waals surface area (Å²) >= 11 is 11.8. The molecule has 2 aliphatic heterocycles. The van der Waals surface area contributed by atoms with Crippen LogP contribution in [-0.4, -0.2) is 42.5 Å².